The number of ketones is 1. The lowest BCUT2D eigenvalue weighted by atomic mass is 9.70. The van der Waals surface area contributed by atoms with Crippen molar-refractivity contribution in [3.8, 4) is 5.75 Å². The second-order valence-electron chi connectivity index (χ2n) is 6.53. The van der Waals surface area contributed by atoms with Gasteiger partial charge in [0.15, 0.2) is 0 Å². The number of aromatic amines is 1. The summed E-state index contributed by atoms with van der Waals surface area (Å²) in [5.74, 6) is 3.29. The Morgan fingerprint density at radius 1 is 1.39 bits per heavy atom. The first kappa shape index (κ1) is 14.5. The van der Waals surface area contributed by atoms with Crippen LogP contribution in [0, 0.1) is 11.8 Å². The molecule has 23 heavy (non-hydrogen) atoms. The number of carbonyl (C=O) groups is 1. The van der Waals surface area contributed by atoms with Crippen molar-refractivity contribution in [3.63, 3.8) is 0 Å². The smallest absolute Gasteiger partial charge is 0.531 e. The van der Waals surface area contributed by atoms with Crippen molar-refractivity contribution >= 4 is 29.5 Å². The molecule has 2 aromatic heterocycles. The average molecular weight is 310 g/mol. The molecule has 0 saturated heterocycles. The van der Waals surface area contributed by atoms with Gasteiger partial charge in [0.2, 0.25) is 0 Å². The molecular formula is C17H19BN2O3. The molecule has 2 aliphatic rings. The summed E-state index contributed by atoms with van der Waals surface area (Å²) in [5.41, 5.74) is 2.99. The predicted octanol–water partition coefficient (Wildman–Crippen LogP) is 2.75. The van der Waals surface area contributed by atoms with Gasteiger partial charge in [-0.3, -0.25) is 4.79 Å². The monoisotopic (exact) mass is 310 g/mol. The maximum Gasteiger partial charge on any atom is 0.552 e. The zero-order valence-electron chi connectivity index (χ0n) is 13.1. The minimum absolute atomic E-state index is 0.195. The lowest BCUT2D eigenvalue weighted by Crippen LogP contribution is -2.27. The van der Waals surface area contributed by atoms with Gasteiger partial charge in [0.05, 0.1) is 6.20 Å². The molecule has 5 nitrogen and oxygen atoms in total. The fourth-order valence-corrected chi connectivity index (χ4v) is 3.93. The summed E-state index contributed by atoms with van der Waals surface area (Å²) in [6, 6.07) is 2.00. The van der Waals surface area contributed by atoms with E-state index in [2.05, 4.69) is 9.97 Å². The summed E-state index contributed by atoms with van der Waals surface area (Å²) in [7, 11) is -0.929. The van der Waals surface area contributed by atoms with Crippen molar-refractivity contribution in [2.24, 2.45) is 11.8 Å². The maximum atomic E-state index is 11.6. The molecule has 1 fully saturated rings. The van der Waals surface area contributed by atoms with E-state index in [1.165, 1.54) is 0 Å². The molecule has 2 aromatic rings. The van der Waals surface area contributed by atoms with Crippen molar-refractivity contribution < 1.29 is 14.5 Å². The molecule has 2 N–H and O–H groups in total. The lowest BCUT2D eigenvalue weighted by Gasteiger charge is -2.32. The lowest BCUT2D eigenvalue weighted by molar-refractivity contribution is -0.121. The molecule has 118 valence electrons. The van der Waals surface area contributed by atoms with Crippen LogP contribution in [0.25, 0.3) is 16.6 Å². The van der Waals surface area contributed by atoms with Gasteiger partial charge in [-0.1, -0.05) is 0 Å². The van der Waals surface area contributed by atoms with E-state index in [0.29, 0.717) is 17.5 Å². The first-order valence-corrected chi connectivity index (χ1v) is 8.17. The van der Waals surface area contributed by atoms with E-state index in [4.69, 9.17) is 4.65 Å². The average Bonchev–Trinajstić information content (AvgIpc) is 3.02. The Balaban J connectivity index is 1.72. The Hall–Kier alpha value is -2.08. The van der Waals surface area contributed by atoms with Crippen LogP contribution >= 0.6 is 0 Å². The van der Waals surface area contributed by atoms with Gasteiger partial charge in [0, 0.05) is 23.1 Å². The third kappa shape index (κ3) is 2.47. The molecule has 0 bridgehead atoms. The summed E-state index contributed by atoms with van der Waals surface area (Å²) >= 11 is 0. The van der Waals surface area contributed by atoms with Crippen LogP contribution in [0.15, 0.2) is 24.4 Å². The Morgan fingerprint density at radius 3 is 2.91 bits per heavy atom. The standard InChI is InChI=1S/C17H19BN2O3/c1-10(21)11-2-4-12(5-3-11)14-8-18(22)23-15-9-20-17-13(16(14)15)6-7-19-17/h6-9,11-12,22H,2-5H2,1H3,(H,19,20). The third-order valence-electron chi connectivity index (χ3n) is 5.15. The molecule has 1 aliphatic carbocycles. The number of hydrogen-bond donors (Lipinski definition) is 2. The summed E-state index contributed by atoms with van der Waals surface area (Å²) in [5, 5.41) is 11.1. The highest BCUT2D eigenvalue weighted by Crippen LogP contribution is 2.44. The summed E-state index contributed by atoms with van der Waals surface area (Å²) in [4.78, 5) is 19.1. The molecular weight excluding hydrogens is 291 g/mol. The van der Waals surface area contributed by atoms with Gasteiger partial charge in [-0.15, -0.1) is 0 Å². The molecule has 1 saturated carbocycles. The first-order chi connectivity index (χ1) is 11.1. The van der Waals surface area contributed by atoms with E-state index in [0.717, 1.165) is 47.9 Å². The van der Waals surface area contributed by atoms with Gasteiger partial charge in [-0.05, 0) is 56.1 Å². The number of Topliss-reactive ketones (excluding diaryl/α,β-unsaturated/α-hetero) is 1. The summed E-state index contributed by atoms with van der Waals surface area (Å²) < 4.78 is 5.54. The number of aromatic nitrogens is 2. The van der Waals surface area contributed by atoms with Crippen LogP contribution in [0.4, 0.5) is 0 Å². The van der Waals surface area contributed by atoms with Gasteiger partial charge < -0.3 is 14.7 Å². The van der Waals surface area contributed by atoms with Crippen LogP contribution in [0.1, 0.15) is 38.2 Å². The number of nitrogens with zero attached hydrogens (tertiary/aromatic N) is 1. The second-order valence-corrected chi connectivity index (χ2v) is 6.53. The predicted molar refractivity (Wildman–Crippen MR) is 88.8 cm³/mol. The normalized spacial score (nSPS) is 24.1. The van der Waals surface area contributed by atoms with Gasteiger partial charge >= 0.3 is 7.12 Å². The zero-order valence-corrected chi connectivity index (χ0v) is 13.1. The maximum absolute atomic E-state index is 11.6. The number of hydrogen-bond acceptors (Lipinski definition) is 4. The van der Waals surface area contributed by atoms with Gasteiger partial charge in [-0.25, -0.2) is 4.98 Å². The second kappa shape index (κ2) is 5.53. The molecule has 0 spiro atoms. The van der Waals surface area contributed by atoms with E-state index >= 15 is 0 Å². The van der Waals surface area contributed by atoms with Crippen molar-refractivity contribution in [1.29, 1.82) is 0 Å². The van der Waals surface area contributed by atoms with Crippen molar-refractivity contribution in [3.05, 3.63) is 30.0 Å². The number of H-pyrrole nitrogens is 1. The SMILES string of the molecule is CC(=O)C1CCC(C2=CB(O)Oc3cnc4[nH]ccc4c32)CC1. The van der Waals surface area contributed by atoms with E-state index in [9.17, 15) is 9.82 Å². The van der Waals surface area contributed by atoms with Crippen LogP contribution in [0.2, 0.25) is 0 Å². The first-order valence-electron chi connectivity index (χ1n) is 8.17. The highest BCUT2D eigenvalue weighted by atomic mass is 16.5. The van der Waals surface area contributed by atoms with Crippen molar-refractivity contribution in [2.45, 2.75) is 32.6 Å². The number of rotatable bonds is 2. The minimum atomic E-state index is -0.929. The van der Waals surface area contributed by atoms with Crippen LogP contribution in [-0.2, 0) is 4.79 Å². The van der Waals surface area contributed by atoms with E-state index in [-0.39, 0.29) is 5.92 Å². The van der Waals surface area contributed by atoms with E-state index < -0.39 is 7.12 Å². The van der Waals surface area contributed by atoms with Gasteiger partial charge in [-0.2, -0.15) is 0 Å². The molecule has 6 heteroatoms. The Labute approximate surface area is 134 Å². The number of pyridine rings is 1. The topological polar surface area (TPSA) is 75.2 Å². The molecule has 0 amide bonds. The number of carbonyl (C=O) groups excluding carboxylic acids is 1. The summed E-state index contributed by atoms with van der Waals surface area (Å²) in [6.45, 7) is 1.69. The largest absolute Gasteiger partial charge is 0.552 e. The van der Waals surface area contributed by atoms with Crippen LogP contribution in [0.3, 0.4) is 0 Å². The quantitative estimate of drug-likeness (QED) is 0.836. The fourth-order valence-electron chi connectivity index (χ4n) is 3.93. The third-order valence-corrected chi connectivity index (χ3v) is 5.15. The molecule has 0 aromatic carbocycles. The number of nitrogens with one attached hydrogen (secondary N) is 1. The Bertz CT molecular complexity index is 790. The summed E-state index contributed by atoms with van der Waals surface area (Å²) in [6.07, 6.45) is 7.32. The molecule has 3 heterocycles. The van der Waals surface area contributed by atoms with Gasteiger partial charge in [0.1, 0.15) is 17.2 Å². The van der Waals surface area contributed by atoms with E-state index in [1.54, 1.807) is 13.1 Å². The van der Waals surface area contributed by atoms with Crippen LogP contribution in [0.5, 0.6) is 5.75 Å². The van der Waals surface area contributed by atoms with Crippen molar-refractivity contribution in [2.75, 3.05) is 0 Å². The van der Waals surface area contributed by atoms with E-state index in [1.807, 2.05) is 18.2 Å². The number of allylic oxidation sites excluding steroid dienone is 1. The highest BCUT2D eigenvalue weighted by Gasteiger charge is 2.33. The van der Waals surface area contributed by atoms with Gasteiger partial charge in [0.25, 0.3) is 0 Å². The van der Waals surface area contributed by atoms with Crippen LogP contribution in [-0.4, -0.2) is 27.9 Å². The Morgan fingerprint density at radius 2 is 2.17 bits per heavy atom. The minimum Gasteiger partial charge on any atom is -0.531 e. The molecule has 4 rings (SSSR count). The van der Waals surface area contributed by atoms with Crippen molar-refractivity contribution in [1.82, 2.24) is 9.97 Å². The molecule has 1 aliphatic heterocycles. The molecule has 0 radical (unpaired) electrons. The fraction of sp³-hybridized carbons (Fsp3) is 0.412. The zero-order chi connectivity index (χ0) is 16.0. The molecule has 0 atom stereocenters. The highest BCUT2D eigenvalue weighted by molar-refractivity contribution is 6.52. The number of fused-ring (bicyclic) bond motifs is 3. The van der Waals surface area contributed by atoms with Crippen LogP contribution < -0.4 is 4.65 Å². The molecule has 0 unspecified atom stereocenters. The Kier molecular flexibility index (Phi) is 3.49.